The van der Waals surface area contributed by atoms with Crippen LogP contribution in [0.3, 0.4) is 0 Å². The molecule has 3 aromatic rings. The number of amides is 1. The summed E-state index contributed by atoms with van der Waals surface area (Å²) in [6.07, 6.45) is 3.21. The first-order valence-corrected chi connectivity index (χ1v) is 10.3. The van der Waals surface area contributed by atoms with Crippen LogP contribution in [0.15, 0.2) is 77.0 Å². The summed E-state index contributed by atoms with van der Waals surface area (Å²) in [6.45, 7) is 1.81. The molecule has 1 amide bonds. The van der Waals surface area contributed by atoms with Gasteiger partial charge < -0.3 is 9.84 Å². The predicted octanol–water partition coefficient (Wildman–Crippen LogP) is 4.79. The molecule has 0 saturated carbocycles. The molecule has 1 aliphatic rings. The van der Waals surface area contributed by atoms with Crippen LogP contribution in [0.25, 0.3) is 5.76 Å². The molecule has 6 nitrogen and oxygen atoms in total. The van der Waals surface area contributed by atoms with Crippen LogP contribution in [0.2, 0.25) is 0 Å². The number of aliphatic hydroxyl groups is 1. The van der Waals surface area contributed by atoms with Crippen LogP contribution in [-0.4, -0.2) is 28.9 Å². The number of aromatic nitrogens is 1. The molecule has 0 spiro atoms. The number of aliphatic hydroxyl groups excluding tert-OH is 1. The van der Waals surface area contributed by atoms with E-state index in [9.17, 15) is 14.7 Å². The Hall–Kier alpha value is -3.45. The number of Topliss-reactive ketones (excluding diaryl/α,β-unsaturated/α-hetero) is 1. The number of carbonyl (C=O) groups is 2. The molecule has 4 rings (SSSR count). The van der Waals surface area contributed by atoms with Crippen LogP contribution in [0, 0.1) is 6.92 Å². The molecule has 7 heteroatoms. The molecule has 1 saturated heterocycles. The van der Waals surface area contributed by atoms with Crippen LogP contribution in [0.1, 0.15) is 22.7 Å². The van der Waals surface area contributed by atoms with Crippen molar-refractivity contribution in [3.63, 3.8) is 0 Å². The van der Waals surface area contributed by atoms with Crippen molar-refractivity contribution in [3.05, 3.63) is 93.7 Å². The molecule has 2 aromatic carbocycles. The molecular formula is C24H19BrN2O4. The number of benzene rings is 2. The maximum Gasteiger partial charge on any atom is 0.300 e. The summed E-state index contributed by atoms with van der Waals surface area (Å²) < 4.78 is 6.00. The summed E-state index contributed by atoms with van der Waals surface area (Å²) in [5, 5.41) is 11.2. The number of nitrogens with zero attached hydrogens (tertiary/aromatic N) is 2. The topological polar surface area (TPSA) is 79.7 Å². The van der Waals surface area contributed by atoms with Gasteiger partial charge in [-0.05, 0) is 60.5 Å². The summed E-state index contributed by atoms with van der Waals surface area (Å²) >= 11 is 3.42. The van der Waals surface area contributed by atoms with Gasteiger partial charge in [-0.15, -0.1) is 0 Å². The van der Waals surface area contributed by atoms with Gasteiger partial charge in [-0.1, -0.05) is 28.1 Å². The van der Waals surface area contributed by atoms with Gasteiger partial charge in [0.25, 0.3) is 11.7 Å². The predicted molar refractivity (Wildman–Crippen MR) is 121 cm³/mol. The Labute approximate surface area is 187 Å². The molecule has 31 heavy (non-hydrogen) atoms. The van der Waals surface area contributed by atoms with Gasteiger partial charge in [0.2, 0.25) is 0 Å². The summed E-state index contributed by atoms with van der Waals surface area (Å²) in [7, 11) is 1.56. The normalized spacial score (nSPS) is 17.8. The van der Waals surface area contributed by atoms with E-state index >= 15 is 0 Å². The smallest absolute Gasteiger partial charge is 0.300 e. The molecule has 1 fully saturated rings. The number of ether oxygens (including phenoxy) is 1. The molecule has 1 aliphatic heterocycles. The van der Waals surface area contributed by atoms with Gasteiger partial charge in [-0.2, -0.15) is 0 Å². The van der Waals surface area contributed by atoms with Gasteiger partial charge in [0.15, 0.2) is 0 Å². The molecule has 0 radical (unpaired) electrons. The van der Waals surface area contributed by atoms with Crippen molar-refractivity contribution < 1.29 is 19.4 Å². The van der Waals surface area contributed by atoms with Crippen molar-refractivity contribution >= 4 is 39.1 Å². The number of hydrogen-bond donors (Lipinski definition) is 1. The number of methoxy groups -OCH3 is 1. The Morgan fingerprint density at radius 2 is 1.94 bits per heavy atom. The molecule has 0 bridgehead atoms. The second kappa shape index (κ2) is 8.35. The van der Waals surface area contributed by atoms with Gasteiger partial charge >= 0.3 is 0 Å². The van der Waals surface area contributed by atoms with E-state index < -0.39 is 17.7 Å². The average Bonchev–Trinajstić information content (AvgIpc) is 3.04. The van der Waals surface area contributed by atoms with Crippen molar-refractivity contribution in [2.24, 2.45) is 0 Å². The number of pyridine rings is 1. The second-order valence-corrected chi connectivity index (χ2v) is 8.03. The van der Waals surface area contributed by atoms with Crippen LogP contribution < -0.4 is 9.64 Å². The fourth-order valence-electron chi connectivity index (χ4n) is 3.75. The lowest BCUT2D eigenvalue weighted by Crippen LogP contribution is -2.29. The van der Waals surface area contributed by atoms with Crippen LogP contribution >= 0.6 is 15.9 Å². The lowest BCUT2D eigenvalue weighted by molar-refractivity contribution is -0.132. The zero-order valence-corrected chi connectivity index (χ0v) is 18.5. The third-order valence-corrected chi connectivity index (χ3v) is 5.71. The van der Waals surface area contributed by atoms with Crippen LogP contribution in [0.5, 0.6) is 5.75 Å². The first kappa shape index (κ1) is 20.8. The summed E-state index contributed by atoms with van der Waals surface area (Å²) in [5.41, 5.74) is 2.36. The van der Waals surface area contributed by atoms with Crippen molar-refractivity contribution in [2.45, 2.75) is 13.0 Å². The largest absolute Gasteiger partial charge is 0.507 e. The number of carbonyl (C=O) groups excluding carboxylic acids is 2. The first-order chi connectivity index (χ1) is 14.9. The third-order valence-electron chi connectivity index (χ3n) is 5.22. The number of halogens is 1. The Balaban J connectivity index is 1.95. The molecule has 0 aliphatic carbocycles. The van der Waals surface area contributed by atoms with Crippen molar-refractivity contribution in [3.8, 4) is 5.75 Å². The van der Waals surface area contributed by atoms with Crippen molar-refractivity contribution in [1.29, 1.82) is 0 Å². The fraction of sp³-hybridized carbons (Fsp3) is 0.125. The molecule has 1 atom stereocenters. The van der Waals surface area contributed by atoms with Gasteiger partial charge in [-0.3, -0.25) is 19.5 Å². The highest BCUT2D eigenvalue weighted by Crippen LogP contribution is 2.42. The summed E-state index contributed by atoms with van der Waals surface area (Å²) in [5.74, 6) is -1.06. The zero-order chi connectivity index (χ0) is 22.1. The highest BCUT2D eigenvalue weighted by atomic mass is 79.9. The number of hydrogen-bond acceptors (Lipinski definition) is 5. The van der Waals surface area contributed by atoms with E-state index in [0.717, 1.165) is 10.0 Å². The molecular weight excluding hydrogens is 460 g/mol. The Bertz CT molecular complexity index is 1210. The van der Waals surface area contributed by atoms with Crippen molar-refractivity contribution in [1.82, 2.24) is 4.98 Å². The van der Waals surface area contributed by atoms with E-state index in [1.807, 2.05) is 6.07 Å². The Morgan fingerprint density at radius 1 is 1.13 bits per heavy atom. The van der Waals surface area contributed by atoms with E-state index in [1.54, 1.807) is 75.0 Å². The van der Waals surface area contributed by atoms with Gasteiger partial charge in [0.05, 0.1) is 18.7 Å². The van der Waals surface area contributed by atoms with Crippen molar-refractivity contribution in [2.75, 3.05) is 12.0 Å². The standard InChI is InChI=1S/C24H19BrN2O4/c1-14-11-18(31-2)8-9-19(14)22(28)20-21(15-5-4-10-26-13-15)27(24(30)23(20)29)17-7-3-6-16(25)12-17/h3-13,21,28H,1-2H3/b22-20-. The number of rotatable bonds is 4. The minimum absolute atomic E-state index is 0.0197. The first-order valence-electron chi connectivity index (χ1n) is 9.54. The maximum absolute atomic E-state index is 13.1. The monoisotopic (exact) mass is 478 g/mol. The highest BCUT2D eigenvalue weighted by molar-refractivity contribution is 9.10. The van der Waals surface area contributed by atoms with E-state index in [1.165, 1.54) is 4.90 Å². The third kappa shape index (κ3) is 3.72. The Morgan fingerprint density at radius 3 is 2.58 bits per heavy atom. The van der Waals surface area contributed by atoms with E-state index in [-0.39, 0.29) is 11.3 Å². The van der Waals surface area contributed by atoms with E-state index in [0.29, 0.717) is 22.6 Å². The lowest BCUT2D eigenvalue weighted by Gasteiger charge is -2.25. The minimum Gasteiger partial charge on any atom is -0.507 e. The molecule has 1 N–H and O–H groups in total. The lowest BCUT2D eigenvalue weighted by atomic mass is 9.94. The van der Waals surface area contributed by atoms with Gasteiger partial charge in [-0.25, -0.2) is 0 Å². The molecule has 1 unspecified atom stereocenters. The molecule has 1 aromatic heterocycles. The van der Waals surface area contributed by atoms with E-state index in [4.69, 9.17) is 4.74 Å². The average molecular weight is 479 g/mol. The van der Waals surface area contributed by atoms with Crippen LogP contribution in [-0.2, 0) is 9.59 Å². The van der Waals surface area contributed by atoms with Crippen LogP contribution in [0.4, 0.5) is 5.69 Å². The molecule has 2 heterocycles. The quantitative estimate of drug-likeness (QED) is 0.331. The van der Waals surface area contributed by atoms with E-state index in [2.05, 4.69) is 20.9 Å². The number of ketones is 1. The zero-order valence-electron chi connectivity index (χ0n) is 16.9. The second-order valence-electron chi connectivity index (χ2n) is 7.12. The summed E-state index contributed by atoms with van der Waals surface area (Å²) in [4.78, 5) is 31.8. The maximum atomic E-state index is 13.1. The minimum atomic E-state index is -0.815. The molecule has 156 valence electrons. The number of aryl methyl sites for hydroxylation is 1. The van der Waals surface area contributed by atoms with Gasteiger partial charge in [0.1, 0.15) is 11.5 Å². The highest BCUT2D eigenvalue weighted by Gasteiger charge is 2.47. The Kier molecular flexibility index (Phi) is 5.61. The number of anilines is 1. The summed E-state index contributed by atoms with van der Waals surface area (Å²) in [6, 6.07) is 15.0. The SMILES string of the molecule is COc1ccc(/C(O)=C2/C(=O)C(=O)N(c3cccc(Br)c3)C2c2cccnc2)c(C)c1. The van der Waals surface area contributed by atoms with Gasteiger partial charge in [0, 0.05) is 28.1 Å². The fourth-order valence-corrected chi connectivity index (χ4v) is 4.14.